The summed E-state index contributed by atoms with van der Waals surface area (Å²) in [6.45, 7) is 3.19. The van der Waals surface area contributed by atoms with Crippen LogP contribution >= 0.6 is 11.3 Å². The van der Waals surface area contributed by atoms with Crippen LogP contribution in [0.25, 0.3) is 0 Å². The van der Waals surface area contributed by atoms with Gasteiger partial charge in [-0.2, -0.15) is 0 Å². The van der Waals surface area contributed by atoms with Crippen LogP contribution in [0.5, 0.6) is 0 Å². The predicted octanol–water partition coefficient (Wildman–Crippen LogP) is 0.123. The van der Waals surface area contributed by atoms with E-state index in [9.17, 15) is 4.79 Å². The first-order valence-corrected chi connectivity index (χ1v) is 6.00. The summed E-state index contributed by atoms with van der Waals surface area (Å²) in [6.07, 6.45) is 1.75. The van der Waals surface area contributed by atoms with E-state index in [0.29, 0.717) is 19.8 Å². The summed E-state index contributed by atoms with van der Waals surface area (Å²) in [4.78, 5) is 17.0. The van der Waals surface area contributed by atoms with E-state index in [-0.39, 0.29) is 11.9 Å². The molecule has 2 atom stereocenters. The molecule has 0 saturated carbocycles. The Morgan fingerprint density at radius 3 is 3.25 bits per heavy atom. The number of ether oxygens (including phenoxy) is 1. The molecule has 2 heterocycles. The van der Waals surface area contributed by atoms with E-state index in [0.717, 1.165) is 4.88 Å². The predicted molar refractivity (Wildman–Crippen MR) is 60.9 cm³/mol. The van der Waals surface area contributed by atoms with Gasteiger partial charge in [0.15, 0.2) is 0 Å². The number of carbonyl (C=O) groups is 1. The van der Waals surface area contributed by atoms with Crippen molar-refractivity contribution in [1.29, 1.82) is 0 Å². The fraction of sp³-hybridized carbons (Fsp3) is 0.600. The number of nitrogens with one attached hydrogen (secondary N) is 1. The molecule has 0 aromatic carbocycles. The first kappa shape index (κ1) is 11.5. The highest BCUT2D eigenvalue weighted by molar-refractivity contribution is 7.09. The van der Waals surface area contributed by atoms with E-state index >= 15 is 0 Å². The van der Waals surface area contributed by atoms with Crippen molar-refractivity contribution in [3.8, 4) is 0 Å². The highest BCUT2D eigenvalue weighted by atomic mass is 32.1. The van der Waals surface area contributed by atoms with E-state index in [1.54, 1.807) is 11.7 Å². The van der Waals surface area contributed by atoms with Gasteiger partial charge in [0, 0.05) is 17.1 Å². The van der Waals surface area contributed by atoms with Gasteiger partial charge in [-0.15, -0.1) is 11.3 Å². The lowest BCUT2D eigenvalue weighted by Crippen LogP contribution is -2.49. The molecule has 2 rings (SSSR count). The summed E-state index contributed by atoms with van der Waals surface area (Å²) in [5.74, 6) is -0.0501. The van der Waals surface area contributed by atoms with Gasteiger partial charge in [0.25, 0.3) is 0 Å². The van der Waals surface area contributed by atoms with Crippen LogP contribution in [0.2, 0.25) is 0 Å². The Morgan fingerprint density at radius 1 is 1.88 bits per heavy atom. The SMILES string of the molecule is CC1(C(=O)NCc2cncs2)COCC1N. The number of thiazole rings is 1. The van der Waals surface area contributed by atoms with E-state index < -0.39 is 5.41 Å². The van der Waals surface area contributed by atoms with Gasteiger partial charge >= 0.3 is 0 Å². The van der Waals surface area contributed by atoms with Crippen molar-refractivity contribution in [2.75, 3.05) is 13.2 Å². The van der Waals surface area contributed by atoms with E-state index in [1.807, 2.05) is 6.92 Å². The second-order valence-electron chi connectivity index (χ2n) is 4.19. The maximum absolute atomic E-state index is 12.0. The largest absolute Gasteiger partial charge is 0.379 e. The lowest BCUT2D eigenvalue weighted by molar-refractivity contribution is -0.130. The molecule has 0 spiro atoms. The normalized spacial score (nSPS) is 29.2. The van der Waals surface area contributed by atoms with E-state index in [2.05, 4.69) is 10.3 Å². The lowest BCUT2D eigenvalue weighted by Gasteiger charge is -2.25. The number of rotatable bonds is 3. The molecule has 2 unspecified atom stereocenters. The van der Waals surface area contributed by atoms with Gasteiger partial charge in [-0.1, -0.05) is 0 Å². The molecule has 1 aromatic heterocycles. The second kappa shape index (κ2) is 4.48. The van der Waals surface area contributed by atoms with Crippen LogP contribution in [0.1, 0.15) is 11.8 Å². The quantitative estimate of drug-likeness (QED) is 0.788. The molecule has 16 heavy (non-hydrogen) atoms. The summed E-state index contributed by atoms with van der Waals surface area (Å²) in [5.41, 5.74) is 7.00. The van der Waals surface area contributed by atoms with Gasteiger partial charge in [-0.25, -0.2) is 0 Å². The van der Waals surface area contributed by atoms with E-state index in [4.69, 9.17) is 10.5 Å². The monoisotopic (exact) mass is 241 g/mol. The Hall–Kier alpha value is -0.980. The topological polar surface area (TPSA) is 77.2 Å². The average molecular weight is 241 g/mol. The van der Waals surface area contributed by atoms with Crippen molar-refractivity contribution in [3.63, 3.8) is 0 Å². The molecule has 0 aliphatic carbocycles. The average Bonchev–Trinajstić information content (AvgIpc) is 2.87. The van der Waals surface area contributed by atoms with Crippen LogP contribution in [-0.4, -0.2) is 30.1 Å². The number of amides is 1. The minimum absolute atomic E-state index is 0.0501. The number of hydrogen-bond donors (Lipinski definition) is 2. The third kappa shape index (κ3) is 2.09. The molecule has 1 aliphatic rings. The molecule has 5 nitrogen and oxygen atoms in total. The smallest absolute Gasteiger partial charge is 0.230 e. The molecule has 0 radical (unpaired) electrons. The van der Waals surface area contributed by atoms with Crippen molar-refractivity contribution in [1.82, 2.24) is 10.3 Å². The fourth-order valence-corrected chi connectivity index (χ4v) is 2.16. The highest BCUT2D eigenvalue weighted by Crippen LogP contribution is 2.27. The van der Waals surface area contributed by atoms with Crippen LogP contribution in [0.4, 0.5) is 0 Å². The molecule has 1 aromatic rings. The maximum atomic E-state index is 12.0. The van der Waals surface area contributed by atoms with E-state index in [1.165, 1.54) is 11.3 Å². The van der Waals surface area contributed by atoms with Gasteiger partial charge in [-0.05, 0) is 6.92 Å². The zero-order chi connectivity index (χ0) is 11.6. The molecular weight excluding hydrogens is 226 g/mol. The van der Waals surface area contributed by atoms with Crippen molar-refractivity contribution in [2.45, 2.75) is 19.5 Å². The van der Waals surface area contributed by atoms with Gasteiger partial charge in [0.2, 0.25) is 5.91 Å². The molecule has 0 bridgehead atoms. The number of hydrogen-bond acceptors (Lipinski definition) is 5. The van der Waals surface area contributed by atoms with Crippen LogP contribution in [0, 0.1) is 5.41 Å². The number of nitrogens with zero attached hydrogens (tertiary/aromatic N) is 1. The molecule has 1 saturated heterocycles. The fourth-order valence-electron chi connectivity index (χ4n) is 1.62. The third-order valence-corrected chi connectivity index (χ3v) is 3.72. The first-order valence-electron chi connectivity index (χ1n) is 5.12. The zero-order valence-corrected chi connectivity index (χ0v) is 9.92. The van der Waals surface area contributed by atoms with Gasteiger partial charge < -0.3 is 15.8 Å². The molecule has 1 aliphatic heterocycles. The van der Waals surface area contributed by atoms with Gasteiger partial charge in [-0.3, -0.25) is 9.78 Å². The molecule has 6 heteroatoms. The van der Waals surface area contributed by atoms with Gasteiger partial charge in [0.05, 0.1) is 30.7 Å². The Balaban J connectivity index is 1.93. The molecule has 88 valence electrons. The minimum Gasteiger partial charge on any atom is -0.379 e. The van der Waals surface area contributed by atoms with Crippen molar-refractivity contribution in [2.24, 2.45) is 11.1 Å². The van der Waals surface area contributed by atoms with Crippen LogP contribution < -0.4 is 11.1 Å². The molecule has 1 amide bonds. The maximum Gasteiger partial charge on any atom is 0.230 e. The number of carbonyl (C=O) groups excluding carboxylic acids is 1. The number of aromatic nitrogens is 1. The van der Waals surface area contributed by atoms with Gasteiger partial charge in [0.1, 0.15) is 0 Å². The summed E-state index contributed by atoms with van der Waals surface area (Å²) in [5, 5.41) is 2.87. The molecule has 3 N–H and O–H groups in total. The first-order chi connectivity index (χ1) is 7.63. The van der Waals surface area contributed by atoms with Crippen LogP contribution in [-0.2, 0) is 16.1 Å². The number of nitrogens with two attached hydrogens (primary N) is 1. The Bertz CT molecular complexity index is 368. The summed E-state index contributed by atoms with van der Waals surface area (Å²) in [6, 6.07) is -0.228. The minimum atomic E-state index is -0.606. The van der Waals surface area contributed by atoms with Crippen LogP contribution in [0.15, 0.2) is 11.7 Å². The van der Waals surface area contributed by atoms with Crippen LogP contribution in [0.3, 0.4) is 0 Å². The lowest BCUT2D eigenvalue weighted by atomic mass is 9.85. The third-order valence-electron chi connectivity index (χ3n) is 2.94. The molecular formula is C10H15N3O2S. The Morgan fingerprint density at radius 2 is 2.69 bits per heavy atom. The summed E-state index contributed by atoms with van der Waals surface area (Å²) in [7, 11) is 0. The standard InChI is InChI=1S/C10H15N3O2S/c1-10(5-15-4-8(10)11)9(14)13-3-7-2-12-6-16-7/h2,6,8H,3-5,11H2,1H3,(H,13,14). The zero-order valence-electron chi connectivity index (χ0n) is 9.10. The summed E-state index contributed by atoms with van der Waals surface area (Å²) >= 11 is 1.52. The highest BCUT2D eigenvalue weighted by Gasteiger charge is 2.44. The Kier molecular flexibility index (Phi) is 3.22. The van der Waals surface area contributed by atoms with Crippen molar-refractivity contribution < 1.29 is 9.53 Å². The molecule has 1 fully saturated rings. The Labute approximate surface area is 98.0 Å². The van der Waals surface area contributed by atoms with Crippen molar-refractivity contribution >= 4 is 17.2 Å². The summed E-state index contributed by atoms with van der Waals surface area (Å²) < 4.78 is 5.23. The second-order valence-corrected chi connectivity index (χ2v) is 5.16. The van der Waals surface area contributed by atoms with Crippen molar-refractivity contribution in [3.05, 3.63) is 16.6 Å².